The zero-order valence-corrected chi connectivity index (χ0v) is 16.7. The van der Waals surface area contributed by atoms with Crippen molar-refractivity contribution >= 4 is 27.7 Å². The number of benzene rings is 2. The molecule has 1 heterocycles. The van der Waals surface area contributed by atoms with Crippen LogP contribution >= 0.6 is 15.9 Å². The quantitative estimate of drug-likeness (QED) is 0.657. The van der Waals surface area contributed by atoms with Crippen LogP contribution in [-0.2, 0) is 4.79 Å². The molecule has 2 amide bonds. The lowest BCUT2D eigenvalue weighted by Gasteiger charge is -2.35. The van der Waals surface area contributed by atoms with E-state index < -0.39 is 0 Å². The third kappa shape index (κ3) is 5.57. The minimum absolute atomic E-state index is 0.0193. The number of carbonyl (C=O) groups excluding carboxylic acids is 2. The Labute approximate surface area is 168 Å². The highest BCUT2D eigenvalue weighted by Gasteiger charge is 2.24. The monoisotopic (exact) mass is 430 g/mol. The molecule has 2 aromatic carbocycles. The number of para-hydroxylation sites is 1. The second-order valence-electron chi connectivity index (χ2n) is 6.44. The Bertz CT molecular complexity index is 757. The molecule has 0 radical (unpaired) electrons. The zero-order valence-electron chi connectivity index (χ0n) is 15.1. The van der Waals surface area contributed by atoms with Gasteiger partial charge in [-0.1, -0.05) is 34.1 Å². The highest BCUT2D eigenvalue weighted by molar-refractivity contribution is 9.10. The topological polar surface area (TPSA) is 49.9 Å². The normalized spacial score (nSPS) is 14.1. The molecule has 6 heteroatoms. The van der Waals surface area contributed by atoms with Crippen molar-refractivity contribution in [3.63, 3.8) is 0 Å². The van der Waals surface area contributed by atoms with Crippen LogP contribution in [0.2, 0.25) is 0 Å². The maximum absolute atomic E-state index is 12.5. The highest BCUT2D eigenvalue weighted by atomic mass is 79.9. The van der Waals surface area contributed by atoms with E-state index in [0.717, 1.165) is 10.2 Å². The molecule has 3 rings (SSSR count). The Balaban J connectivity index is 1.38. The van der Waals surface area contributed by atoms with Gasteiger partial charge in [0.25, 0.3) is 5.91 Å². The van der Waals surface area contributed by atoms with Gasteiger partial charge in [0.2, 0.25) is 5.91 Å². The van der Waals surface area contributed by atoms with Gasteiger partial charge in [-0.15, -0.1) is 0 Å². The lowest BCUT2D eigenvalue weighted by Crippen LogP contribution is -2.50. The number of amides is 2. The molecule has 0 aliphatic carbocycles. The van der Waals surface area contributed by atoms with Crippen LogP contribution in [0.3, 0.4) is 0 Å². The predicted molar refractivity (Wildman–Crippen MR) is 108 cm³/mol. The molecular formula is C21H23BrN2O3. The predicted octanol–water partition coefficient (Wildman–Crippen LogP) is 3.59. The summed E-state index contributed by atoms with van der Waals surface area (Å²) >= 11 is 3.38. The van der Waals surface area contributed by atoms with Gasteiger partial charge in [-0.25, -0.2) is 0 Å². The SMILES string of the molecule is O=C(CCCOc1ccccc1)N1CCN(C(=O)c2ccc(Br)cc2)CC1. The van der Waals surface area contributed by atoms with E-state index in [1.54, 1.807) is 0 Å². The van der Waals surface area contributed by atoms with Crippen LogP contribution in [-0.4, -0.2) is 54.4 Å². The van der Waals surface area contributed by atoms with Crippen molar-refractivity contribution in [2.75, 3.05) is 32.8 Å². The van der Waals surface area contributed by atoms with E-state index in [1.807, 2.05) is 64.4 Å². The highest BCUT2D eigenvalue weighted by Crippen LogP contribution is 2.14. The molecule has 0 N–H and O–H groups in total. The van der Waals surface area contributed by atoms with Crippen molar-refractivity contribution in [2.45, 2.75) is 12.8 Å². The largest absolute Gasteiger partial charge is 0.494 e. The summed E-state index contributed by atoms with van der Waals surface area (Å²) in [5.74, 6) is 0.971. The summed E-state index contributed by atoms with van der Waals surface area (Å²) < 4.78 is 6.57. The summed E-state index contributed by atoms with van der Waals surface area (Å²) in [6.07, 6.45) is 1.15. The first-order valence-electron chi connectivity index (χ1n) is 9.14. The summed E-state index contributed by atoms with van der Waals surface area (Å²) in [6, 6.07) is 17.0. The molecule has 142 valence electrons. The Kier molecular flexibility index (Phi) is 6.87. The van der Waals surface area contributed by atoms with Crippen LogP contribution in [0, 0.1) is 0 Å². The van der Waals surface area contributed by atoms with Gasteiger partial charge in [0.1, 0.15) is 5.75 Å². The first-order valence-corrected chi connectivity index (χ1v) is 9.93. The molecule has 1 fully saturated rings. The van der Waals surface area contributed by atoms with Crippen LogP contribution in [0.5, 0.6) is 5.75 Å². The number of halogens is 1. The fourth-order valence-corrected chi connectivity index (χ4v) is 3.29. The molecule has 0 bridgehead atoms. The van der Waals surface area contributed by atoms with Crippen LogP contribution in [0.15, 0.2) is 59.1 Å². The number of rotatable bonds is 6. The summed E-state index contributed by atoms with van der Waals surface area (Å²) in [4.78, 5) is 28.5. The molecule has 1 saturated heterocycles. The van der Waals surface area contributed by atoms with Crippen molar-refractivity contribution < 1.29 is 14.3 Å². The van der Waals surface area contributed by atoms with E-state index in [4.69, 9.17) is 4.74 Å². The maximum Gasteiger partial charge on any atom is 0.253 e. The van der Waals surface area contributed by atoms with Gasteiger partial charge in [-0.2, -0.15) is 0 Å². The van der Waals surface area contributed by atoms with E-state index in [1.165, 1.54) is 0 Å². The van der Waals surface area contributed by atoms with Gasteiger partial charge in [-0.05, 0) is 42.8 Å². The fraction of sp³-hybridized carbons (Fsp3) is 0.333. The molecular weight excluding hydrogens is 408 g/mol. The second-order valence-corrected chi connectivity index (χ2v) is 7.36. The molecule has 0 saturated carbocycles. The van der Waals surface area contributed by atoms with Crippen molar-refractivity contribution in [2.24, 2.45) is 0 Å². The van der Waals surface area contributed by atoms with Gasteiger partial charge >= 0.3 is 0 Å². The average molecular weight is 431 g/mol. The van der Waals surface area contributed by atoms with Crippen LogP contribution in [0.25, 0.3) is 0 Å². The van der Waals surface area contributed by atoms with Gasteiger partial charge in [-0.3, -0.25) is 9.59 Å². The Morgan fingerprint density at radius 1 is 0.889 bits per heavy atom. The van der Waals surface area contributed by atoms with E-state index in [-0.39, 0.29) is 11.8 Å². The molecule has 27 heavy (non-hydrogen) atoms. The second kappa shape index (κ2) is 9.55. The molecule has 1 aliphatic heterocycles. The Hall–Kier alpha value is -2.34. The van der Waals surface area contributed by atoms with Crippen molar-refractivity contribution in [1.29, 1.82) is 0 Å². The van der Waals surface area contributed by atoms with E-state index >= 15 is 0 Å². The summed E-state index contributed by atoms with van der Waals surface area (Å²) in [7, 11) is 0. The average Bonchev–Trinajstić information content (AvgIpc) is 2.72. The fourth-order valence-electron chi connectivity index (χ4n) is 3.02. The standard InChI is InChI=1S/C21H23BrN2O3/c22-18-10-8-17(9-11-18)21(26)24-14-12-23(13-15-24)20(25)7-4-16-27-19-5-2-1-3-6-19/h1-3,5-6,8-11H,4,7,12-16H2. The maximum atomic E-state index is 12.5. The number of ether oxygens (including phenoxy) is 1. The molecule has 0 aromatic heterocycles. The van der Waals surface area contributed by atoms with Crippen LogP contribution in [0.4, 0.5) is 0 Å². The number of hydrogen-bond acceptors (Lipinski definition) is 3. The Morgan fingerprint density at radius 2 is 1.52 bits per heavy atom. The lowest BCUT2D eigenvalue weighted by atomic mass is 10.1. The van der Waals surface area contributed by atoms with Crippen molar-refractivity contribution in [3.05, 3.63) is 64.6 Å². The van der Waals surface area contributed by atoms with Gasteiger partial charge < -0.3 is 14.5 Å². The molecule has 2 aromatic rings. The molecule has 1 aliphatic rings. The number of hydrogen-bond donors (Lipinski definition) is 0. The number of piperazine rings is 1. The van der Waals surface area contributed by atoms with Crippen molar-refractivity contribution in [3.8, 4) is 5.75 Å². The van der Waals surface area contributed by atoms with E-state index in [0.29, 0.717) is 51.2 Å². The third-order valence-electron chi connectivity index (χ3n) is 4.56. The summed E-state index contributed by atoms with van der Waals surface area (Å²) in [5, 5.41) is 0. The third-order valence-corrected chi connectivity index (χ3v) is 5.09. The van der Waals surface area contributed by atoms with Gasteiger partial charge in [0.15, 0.2) is 0 Å². The molecule has 0 spiro atoms. The first-order chi connectivity index (χ1) is 13.1. The first kappa shape index (κ1) is 19.4. The smallest absolute Gasteiger partial charge is 0.253 e. The molecule has 0 atom stereocenters. The van der Waals surface area contributed by atoms with E-state index in [9.17, 15) is 9.59 Å². The van der Waals surface area contributed by atoms with E-state index in [2.05, 4.69) is 15.9 Å². The van der Waals surface area contributed by atoms with Crippen LogP contribution < -0.4 is 4.74 Å². The number of carbonyl (C=O) groups is 2. The van der Waals surface area contributed by atoms with Crippen molar-refractivity contribution in [1.82, 2.24) is 9.80 Å². The molecule has 0 unspecified atom stereocenters. The summed E-state index contributed by atoms with van der Waals surface area (Å²) in [5.41, 5.74) is 0.677. The van der Waals surface area contributed by atoms with Gasteiger partial charge in [0.05, 0.1) is 6.61 Å². The molecule has 5 nitrogen and oxygen atoms in total. The van der Waals surface area contributed by atoms with Crippen LogP contribution in [0.1, 0.15) is 23.2 Å². The Morgan fingerprint density at radius 3 is 2.19 bits per heavy atom. The number of nitrogens with zero attached hydrogens (tertiary/aromatic N) is 2. The minimum Gasteiger partial charge on any atom is -0.494 e. The lowest BCUT2D eigenvalue weighted by molar-refractivity contribution is -0.132. The summed E-state index contributed by atoms with van der Waals surface area (Å²) in [6.45, 7) is 2.83. The zero-order chi connectivity index (χ0) is 19.1. The minimum atomic E-state index is 0.0193. The van der Waals surface area contributed by atoms with Gasteiger partial charge in [0, 0.05) is 42.6 Å².